The molecule has 0 aromatic heterocycles. The van der Waals surface area contributed by atoms with Gasteiger partial charge in [0.25, 0.3) is 0 Å². The molecule has 3 atom stereocenters. The summed E-state index contributed by atoms with van der Waals surface area (Å²) in [4.78, 5) is 5.71. The molecular weight excluding hydrogens is 302 g/mol. The first-order valence-electron chi connectivity index (χ1n) is 8.09. The van der Waals surface area contributed by atoms with E-state index in [2.05, 4.69) is 28.5 Å². The average molecular weight is 330 g/mol. The Hall–Kier alpha value is 0.120. The summed E-state index contributed by atoms with van der Waals surface area (Å²) in [5.41, 5.74) is 5.97. The van der Waals surface area contributed by atoms with Gasteiger partial charge in [0.15, 0.2) is 0 Å². The number of thioether (sulfide) groups is 1. The molecule has 3 unspecified atom stereocenters. The molecule has 0 aromatic carbocycles. The van der Waals surface area contributed by atoms with Crippen molar-refractivity contribution < 1.29 is 4.74 Å². The fourth-order valence-corrected chi connectivity index (χ4v) is 5.37. The van der Waals surface area contributed by atoms with Crippen LogP contribution >= 0.6 is 24.0 Å². The minimum Gasteiger partial charge on any atom is -0.392 e. The van der Waals surface area contributed by atoms with Gasteiger partial charge >= 0.3 is 0 Å². The second kappa shape index (κ2) is 6.71. The maximum atomic E-state index is 6.15. The van der Waals surface area contributed by atoms with E-state index in [1.54, 1.807) is 0 Å². The van der Waals surface area contributed by atoms with Crippen LogP contribution in [0.25, 0.3) is 0 Å². The van der Waals surface area contributed by atoms with Gasteiger partial charge in [0.05, 0.1) is 16.6 Å². The Morgan fingerprint density at radius 2 is 2.14 bits per heavy atom. The van der Waals surface area contributed by atoms with Gasteiger partial charge in [0.2, 0.25) is 0 Å². The van der Waals surface area contributed by atoms with E-state index in [1.807, 2.05) is 0 Å². The summed E-state index contributed by atoms with van der Waals surface area (Å²) >= 11 is 7.18. The minimum absolute atomic E-state index is 0.191. The van der Waals surface area contributed by atoms with E-state index in [-0.39, 0.29) is 11.6 Å². The van der Waals surface area contributed by atoms with Gasteiger partial charge in [0.1, 0.15) is 0 Å². The zero-order chi connectivity index (χ0) is 14.9. The summed E-state index contributed by atoms with van der Waals surface area (Å²) in [6.07, 6.45) is 3.66. The molecule has 2 N–H and O–H groups in total. The number of hydrogen-bond donors (Lipinski definition) is 1. The number of nitrogens with zero attached hydrogens (tertiary/aromatic N) is 2. The van der Waals surface area contributed by atoms with Crippen molar-refractivity contribution in [3.8, 4) is 0 Å². The van der Waals surface area contributed by atoms with Crippen molar-refractivity contribution in [2.24, 2.45) is 5.73 Å². The smallest absolute Gasteiger partial charge is 0.0899 e. The summed E-state index contributed by atoms with van der Waals surface area (Å²) in [6, 6.07) is 0.939. The molecular formula is C15H27N3OS2. The van der Waals surface area contributed by atoms with Crippen molar-refractivity contribution in [2.75, 3.05) is 44.3 Å². The molecule has 0 radical (unpaired) electrons. The molecule has 6 heteroatoms. The SMILES string of the molecule is CC(C(N)=S)N1CCN(C2CCOC3(CCSC3)C2)CC1. The van der Waals surface area contributed by atoms with E-state index in [1.165, 1.54) is 30.8 Å². The highest BCUT2D eigenvalue weighted by Crippen LogP contribution is 2.39. The van der Waals surface area contributed by atoms with Crippen LogP contribution in [-0.4, -0.2) is 76.8 Å². The monoisotopic (exact) mass is 329 g/mol. The van der Waals surface area contributed by atoms with E-state index < -0.39 is 0 Å². The molecule has 3 aliphatic rings. The Labute approximate surface area is 137 Å². The van der Waals surface area contributed by atoms with Crippen molar-refractivity contribution in [3.63, 3.8) is 0 Å². The molecule has 3 aliphatic heterocycles. The Morgan fingerprint density at radius 1 is 1.38 bits per heavy atom. The molecule has 3 fully saturated rings. The van der Waals surface area contributed by atoms with Gasteiger partial charge in [-0.3, -0.25) is 9.80 Å². The number of ether oxygens (including phenoxy) is 1. The lowest BCUT2D eigenvalue weighted by Gasteiger charge is -2.46. The molecule has 21 heavy (non-hydrogen) atoms. The minimum atomic E-state index is 0.191. The predicted molar refractivity (Wildman–Crippen MR) is 93.0 cm³/mol. The van der Waals surface area contributed by atoms with E-state index in [0.29, 0.717) is 11.0 Å². The summed E-state index contributed by atoms with van der Waals surface area (Å²) in [5.74, 6) is 2.47. The summed E-state index contributed by atoms with van der Waals surface area (Å²) in [6.45, 7) is 7.50. The molecule has 0 bridgehead atoms. The van der Waals surface area contributed by atoms with Gasteiger partial charge < -0.3 is 10.5 Å². The van der Waals surface area contributed by atoms with E-state index in [4.69, 9.17) is 22.7 Å². The van der Waals surface area contributed by atoms with Crippen LogP contribution in [0.3, 0.4) is 0 Å². The third-order valence-electron chi connectivity index (χ3n) is 5.36. The van der Waals surface area contributed by atoms with Crippen LogP contribution in [0, 0.1) is 0 Å². The quantitative estimate of drug-likeness (QED) is 0.788. The number of nitrogens with two attached hydrogens (primary N) is 1. The van der Waals surface area contributed by atoms with Crippen LogP contribution in [0.2, 0.25) is 0 Å². The maximum Gasteiger partial charge on any atom is 0.0899 e. The van der Waals surface area contributed by atoms with Crippen LogP contribution < -0.4 is 5.73 Å². The van der Waals surface area contributed by atoms with Gasteiger partial charge in [-0.05, 0) is 31.9 Å². The van der Waals surface area contributed by atoms with Gasteiger partial charge in [-0.1, -0.05) is 12.2 Å². The van der Waals surface area contributed by atoms with Crippen LogP contribution in [0.4, 0.5) is 0 Å². The first-order chi connectivity index (χ1) is 10.1. The third-order valence-corrected chi connectivity index (χ3v) is 6.92. The fraction of sp³-hybridized carbons (Fsp3) is 0.933. The Kier molecular flexibility index (Phi) is 5.11. The number of hydrogen-bond acceptors (Lipinski definition) is 5. The third kappa shape index (κ3) is 3.55. The zero-order valence-electron chi connectivity index (χ0n) is 12.9. The molecule has 4 nitrogen and oxygen atoms in total. The predicted octanol–water partition coefficient (Wildman–Crippen LogP) is 1.33. The number of thiocarbonyl (C=S) groups is 1. The van der Waals surface area contributed by atoms with Crippen LogP contribution in [0.1, 0.15) is 26.2 Å². The molecule has 0 aromatic rings. The first kappa shape index (κ1) is 16.0. The van der Waals surface area contributed by atoms with Gasteiger partial charge in [-0.25, -0.2) is 0 Å². The summed E-state index contributed by atoms with van der Waals surface area (Å²) in [7, 11) is 0. The molecule has 3 heterocycles. The fourth-order valence-electron chi connectivity index (χ4n) is 3.85. The Bertz CT molecular complexity index is 379. The Balaban J connectivity index is 1.53. The normalized spacial score (nSPS) is 36.9. The molecule has 1 spiro atoms. The lowest BCUT2D eigenvalue weighted by molar-refractivity contribution is -0.0943. The molecule has 0 aliphatic carbocycles. The average Bonchev–Trinajstić information content (AvgIpc) is 2.94. The van der Waals surface area contributed by atoms with Gasteiger partial charge in [0, 0.05) is 44.6 Å². The van der Waals surface area contributed by atoms with Crippen molar-refractivity contribution in [1.29, 1.82) is 0 Å². The summed E-state index contributed by atoms with van der Waals surface area (Å²) in [5, 5.41) is 0. The van der Waals surface area contributed by atoms with Crippen molar-refractivity contribution in [3.05, 3.63) is 0 Å². The van der Waals surface area contributed by atoms with Crippen molar-refractivity contribution in [2.45, 2.75) is 43.9 Å². The lowest BCUT2D eigenvalue weighted by Crippen LogP contribution is -2.57. The highest BCUT2D eigenvalue weighted by Gasteiger charge is 2.42. The second-order valence-corrected chi connectivity index (χ2v) is 8.21. The zero-order valence-corrected chi connectivity index (χ0v) is 14.6. The van der Waals surface area contributed by atoms with E-state index >= 15 is 0 Å². The van der Waals surface area contributed by atoms with Gasteiger partial charge in [-0.2, -0.15) is 11.8 Å². The summed E-state index contributed by atoms with van der Waals surface area (Å²) < 4.78 is 6.15. The van der Waals surface area contributed by atoms with Crippen molar-refractivity contribution in [1.82, 2.24) is 9.80 Å². The molecule has 3 rings (SSSR count). The van der Waals surface area contributed by atoms with Crippen LogP contribution in [-0.2, 0) is 4.74 Å². The topological polar surface area (TPSA) is 41.7 Å². The van der Waals surface area contributed by atoms with Crippen LogP contribution in [0.5, 0.6) is 0 Å². The highest BCUT2D eigenvalue weighted by atomic mass is 32.2. The standard InChI is InChI=1S/C15H27N3OS2/c1-12(14(16)20)17-4-6-18(7-5-17)13-2-8-19-15(10-13)3-9-21-11-15/h12-13H,2-11H2,1H3,(H2,16,20). The molecule has 3 saturated heterocycles. The first-order valence-corrected chi connectivity index (χ1v) is 9.65. The molecule has 0 amide bonds. The van der Waals surface area contributed by atoms with Gasteiger partial charge in [-0.15, -0.1) is 0 Å². The van der Waals surface area contributed by atoms with E-state index in [9.17, 15) is 0 Å². The molecule has 120 valence electrons. The Morgan fingerprint density at radius 3 is 2.76 bits per heavy atom. The largest absolute Gasteiger partial charge is 0.392 e. The number of piperazine rings is 1. The van der Waals surface area contributed by atoms with E-state index in [0.717, 1.165) is 32.8 Å². The molecule has 0 saturated carbocycles. The maximum absolute atomic E-state index is 6.15. The lowest BCUT2D eigenvalue weighted by atomic mass is 9.88. The van der Waals surface area contributed by atoms with Crippen molar-refractivity contribution >= 4 is 29.0 Å². The van der Waals surface area contributed by atoms with Crippen LogP contribution in [0.15, 0.2) is 0 Å². The number of rotatable bonds is 3. The second-order valence-electron chi connectivity index (χ2n) is 6.63. The highest BCUT2D eigenvalue weighted by molar-refractivity contribution is 7.99.